The van der Waals surface area contributed by atoms with E-state index in [1.807, 2.05) is 24.3 Å². The number of benzene rings is 1. The maximum absolute atomic E-state index is 11.7. The number of rotatable bonds is 6. The Labute approximate surface area is 129 Å². The largest absolute Gasteiger partial charge is 0.383 e. The lowest BCUT2D eigenvalue weighted by atomic mass is 10.1. The van der Waals surface area contributed by atoms with E-state index in [9.17, 15) is 14.4 Å². The summed E-state index contributed by atoms with van der Waals surface area (Å²) in [5, 5.41) is 3.86. The topological polar surface area (TPSA) is 75.7 Å². The molecule has 2 amide bonds. The number of hydrogen-bond acceptors (Lipinski definition) is 5. The molecule has 1 aliphatic rings. The van der Waals surface area contributed by atoms with Gasteiger partial charge in [0, 0.05) is 24.6 Å². The average Bonchev–Trinajstić information content (AvgIpc) is 2.78. The monoisotopic (exact) mass is 304 g/mol. The van der Waals surface area contributed by atoms with E-state index in [1.165, 1.54) is 0 Å². The second-order valence-electron chi connectivity index (χ2n) is 5.54. The van der Waals surface area contributed by atoms with Gasteiger partial charge in [0.05, 0.1) is 6.42 Å². The third-order valence-corrected chi connectivity index (χ3v) is 3.23. The van der Waals surface area contributed by atoms with Crippen LogP contribution in [0.4, 0.5) is 5.69 Å². The van der Waals surface area contributed by atoms with Gasteiger partial charge in [-0.25, -0.2) is 4.79 Å². The minimum absolute atomic E-state index is 0.108. The summed E-state index contributed by atoms with van der Waals surface area (Å²) in [6, 6.07) is 8.13. The summed E-state index contributed by atoms with van der Waals surface area (Å²) in [5.74, 6) is -1.49. The number of hydrogen-bond donors (Lipinski definition) is 1. The van der Waals surface area contributed by atoms with Crippen LogP contribution in [0.2, 0.25) is 0 Å². The first-order chi connectivity index (χ1) is 10.5. The quantitative estimate of drug-likeness (QED) is 0.814. The molecule has 1 saturated heterocycles. The number of carbonyl (C=O) groups excluding carboxylic acids is 3. The molecule has 6 heteroatoms. The number of anilines is 1. The first-order valence-corrected chi connectivity index (χ1v) is 7.38. The van der Waals surface area contributed by atoms with Gasteiger partial charge in [0.25, 0.3) is 11.8 Å². The van der Waals surface area contributed by atoms with E-state index in [-0.39, 0.29) is 19.3 Å². The Morgan fingerprint density at radius 2 is 1.77 bits per heavy atom. The van der Waals surface area contributed by atoms with E-state index in [1.54, 1.807) is 0 Å². The molecule has 0 saturated carbocycles. The van der Waals surface area contributed by atoms with Crippen molar-refractivity contribution in [2.45, 2.75) is 45.6 Å². The molecule has 0 spiro atoms. The van der Waals surface area contributed by atoms with Gasteiger partial charge in [0.1, 0.15) is 0 Å². The molecule has 0 atom stereocenters. The number of hydroxylamine groups is 2. The highest BCUT2D eigenvalue weighted by Crippen LogP contribution is 2.15. The van der Waals surface area contributed by atoms with Gasteiger partial charge >= 0.3 is 5.97 Å². The lowest BCUT2D eigenvalue weighted by Gasteiger charge is -2.13. The fourth-order valence-electron chi connectivity index (χ4n) is 2.15. The SMILES string of the molecule is CC(C)Nc1ccc(CCC(=O)ON2C(=O)CCC2=O)cc1. The maximum atomic E-state index is 11.7. The molecule has 0 aliphatic carbocycles. The van der Waals surface area contributed by atoms with E-state index in [0.717, 1.165) is 11.3 Å². The van der Waals surface area contributed by atoms with Gasteiger partial charge in [-0.2, -0.15) is 0 Å². The van der Waals surface area contributed by atoms with Crippen LogP contribution in [-0.4, -0.2) is 28.9 Å². The highest BCUT2D eigenvalue weighted by atomic mass is 16.7. The molecule has 1 fully saturated rings. The number of nitrogens with zero attached hydrogens (tertiary/aromatic N) is 1. The van der Waals surface area contributed by atoms with Crippen LogP contribution >= 0.6 is 0 Å². The summed E-state index contributed by atoms with van der Waals surface area (Å²) in [4.78, 5) is 39.2. The van der Waals surface area contributed by atoms with Crippen LogP contribution in [0.15, 0.2) is 24.3 Å². The van der Waals surface area contributed by atoms with Crippen molar-refractivity contribution in [1.82, 2.24) is 5.06 Å². The molecule has 0 bridgehead atoms. The van der Waals surface area contributed by atoms with Gasteiger partial charge in [0.15, 0.2) is 0 Å². The van der Waals surface area contributed by atoms with Crippen LogP contribution in [-0.2, 0) is 25.6 Å². The van der Waals surface area contributed by atoms with Crippen molar-refractivity contribution in [3.8, 4) is 0 Å². The predicted octanol–water partition coefficient (Wildman–Crippen LogP) is 2.05. The molecule has 22 heavy (non-hydrogen) atoms. The molecule has 1 aromatic rings. The predicted molar refractivity (Wildman–Crippen MR) is 80.7 cm³/mol. The Kier molecular flexibility index (Phi) is 5.14. The molecule has 1 N–H and O–H groups in total. The zero-order valence-corrected chi connectivity index (χ0v) is 12.8. The smallest absolute Gasteiger partial charge is 0.333 e. The number of nitrogens with one attached hydrogen (secondary N) is 1. The van der Waals surface area contributed by atoms with Gasteiger partial charge in [-0.15, -0.1) is 5.06 Å². The molecule has 6 nitrogen and oxygen atoms in total. The van der Waals surface area contributed by atoms with Crippen LogP contribution in [0.25, 0.3) is 0 Å². The third kappa shape index (κ3) is 4.31. The molecule has 2 rings (SSSR count). The van der Waals surface area contributed by atoms with Crippen molar-refractivity contribution >= 4 is 23.5 Å². The number of amides is 2. The molecule has 1 aromatic carbocycles. The van der Waals surface area contributed by atoms with Crippen molar-refractivity contribution < 1.29 is 19.2 Å². The summed E-state index contributed by atoms with van der Waals surface area (Å²) in [6.07, 6.45) is 0.831. The number of imide groups is 1. The highest BCUT2D eigenvalue weighted by Gasteiger charge is 2.32. The second-order valence-corrected chi connectivity index (χ2v) is 5.54. The third-order valence-electron chi connectivity index (χ3n) is 3.23. The van der Waals surface area contributed by atoms with Gasteiger partial charge in [-0.1, -0.05) is 12.1 Å². The molecule has 118 valence electrons. The molecule has 1 heterocycles. The molecule has 1 aliphatic heterocycles. The summed E-state index contributed by atoms with van der Waals surface area (Å²) < 4.78 is 0. The first kappa shape index (κ1) is 16.0. The Morgan fingerprint density at radius 3 is 2.32 bits per heavy atom. The summed E-state index contributed by atoms with van der Waals surface area (Å²) in [6.45, 7) is 4.12. The first-order valence-electron chi connectivity index (χ1n) is 7.38. The van der Waals surface area contributed by atoms with Crippen LogP contribution < -0.4 is 5.32 Å². The van der Waals surface area contributed by atoms with Crippen molar-refractivity contribution in [1.29, 1.82) is 0 Å². The van der Waals surface area contributed by atoms with Gasteiger partial charge in [-0.05, 0) is 38.0 Å². The van der Waals surface area contributed by atoms with Crippen molar-refractivity contribution in [2.24, 2.45) is 0 Å². The number of carbonyl (C=O) groups is 3. The van der Waals surface area contributed by atoms with Crippen molar-refractivity contribution in [3.05, 3.63) is 29.8 Å². The van der Waals surface area contributed by atoms with E-state index in [0.29, 0.717) is 17.5 Å². The Morgan fingerprint density at radius 1 is 1.18 bits per heavy atom. The Hall–Kier alpha value is -2.37. The standard InChI is InChI=1S/C16H20N2O4/c1-11(2)17-13-6-3-12(4-7-13)5-10-16(21)22-18-14(19)8-9-15(18)20/h3-4,6-7,11,17H,5,8-10H2,1-2H3. The van der Waals surface area contributed by atoms with Gasteiger partial charge in [0.2, 0.25) is 0 Å². The van der Waals surface area contributed by atoms with Crippen LogP contribution in [0.3, 0.4) is 0 Å². The Balaban J connectivity index is 1.81. The number of aryl methyl sites for hydroxylation is 1. The summed E-state index contributed by atoms with van der Waals surface area (Å²) in [7, 11) is 0. The van der Waals surface area contributed by atoms with E-state index < -0.39 is 17.8 Å². The molecular formula is C16H20N2O4. The van der Waals surface area contributed by atoms with Crippen LogP contribution in [0, 0.1) is 0 Å². The summed E-state index contributed by atoms with van der Waals surface area (Å²) >= 11 is 0. The molecule has 0 unspecified atom stereocenters. The minimum Gasteiger partial charge on any atom is -0.383 e. The minimum atomic E-state index is -0.576. The Bertz CT molecular complexity index is 550. The second kappa shape index (κ2) is 7.06. The summed E-state index contributed by atoms with van der Waals surface area (Å²) in [5.41, 5.74) is 2.01. The van der Waals surface area contributed by atoms with E-state index in [4.69, 9.17) is 4.84 Å². The molecular weight excluding hydrogens is 284 g/mol. The highest BCUT2D eigenvalue weighted by molar-refractivity contribution is 6.01. The average molecular weight is 304 g/mol. The fourth-order valence-corrected chi connectivity index (χ4v) is 2.15. The molecule has 0 radical (unpaired) electrons. The van der Waals surface area contributed by atoms with E-state index >= 15 is 0 Å². The zero-order valence-electron chi connectivity index (χ0n) is 12.8. The van der Waals surface area contributed by atoms with Crippen LogP contribution in [0.5, 0.6) is 0 Å². The lowest BCUT2D eigenvalue weighted by Crippen LogP contribution is -2.32. The molecule has 0 aromatic heterocycles. The van der Waals surface area contributed by atoms with Crippen LogP contribution in [0.1, 0.15) is 38.7 Å². The fraction of sp³-hybridized carbons (Fsp3) is 0.438. The van der Waals surface area contributed by atoms with E-state index in [2.05, 4.69) is 19.2 Å². The van der Waals surface area contributed by atoms with Crippen molar-refractivity contribution in [3.63, 3.8) is 0 Å². The normalized spacial score (nSPS) is 14.6. The maximum Gasteiger partial charge on any atom is 0.333 e. The van der Waals surface area contributed by atoms with Gasteiger partial charge in [-0.3, -0.25) is 9.59 Å². The zero-order chi connectivity index (χ0) is 16.1. The lowest BCUT2D eigenvalue weighted by molar-refractivity contribution is -0.197. The van der Waals surface area contributed by atoms with Crippen molar-refractivity contribution in [2.75, 3.05) is 5.32 Å². The van der Waals surface area contributed by atoms with Gasteiger partial charge < -0.3 is 10.2 Å².